The van der Waals surface area contributed by atoms with Gasteiger partial charge in [-0.1, -0.05) is 0 Å². The molecule has 0 unspecified atom stereocenters. The maximum Gasteiger partial charge on any atom is 0.178 e. The van der Waals surface area contributed by atoms with Gasteiger partial charge in [0.1, 0.15) is 0 Å². The lowest BCUT2D eigenvalue weighted by Gasteiger charge is -2.28. The van der Waals surface area contributed by atoms with Gasteiger partial charge in [-0.2, -0.15) is 5.10 Å². The molecule has 2 aromatic heterocycles. The van der Waals surface area contributed by atoms with Crippen molar-refractivity contribution < 1.29 is 0 Å². The molecular formula is C13H19N5. The van der Waals surface area contributed by atoms with Gasteiger partial charge in [-0.25, -0.2) is 9.50 Å². The first-order valence-corrected chi connectivity index (χ1v) is 6.50. The molecule has 1 saturated heterocycles. The average Bonchev–Trinajstić information content (AvgIpc) is 2.76. The topological polar surface area (TPSA) is 59.5 Å². The molecule has 2 N–H and O–H groups in total. The second kappa shape index (κ2) is 4.57. The molecule has 96 valence electrons. The standard InChI is InChI=1S/C13H19N5/c1-17-7-4-10(5-8-17)9-12-15-13-11(14)3-2-6-18(13)16-12/h2-3,6,10H,4-5,7-9,14H2,1H3. The van der Waals surface area contributed by atoms with E-state index in [1.54, 1.807) is 4.52 Å². The van der Waals surface area contributed by atoms with E-state index in [1.807, 2.05) is 18.3 Å². The first-order chi connectivity index (χ1) is 8.72. The van der Waals surface area contributed by atoms with Gasteiger partial charge in [0.05, 0.1) is 5.69 Å². The maximum atomic E-state index is 5.89. The van der Waals surface area contributed by atoms with Crippen LogP contribution in [0.4, 0.5) is 5.69 Å². The van der Waals surface area contributed by atoms with Crippen LogP contribution in [0.1, 0.15) is 18.7 Å². The molecule has 0 spiro atoms. The van der Waals surface area contributed by atoms with Crippen LogP contribution in [-0.2, 0) is 6.42 Å². The van der Waals surface area contributed by atoms with Crippen LogP contribution in [0.2, 0.25) is 0 Å². The van der Waals surface area contributed by atoms with Crippen molar-refractivity contribution in [2.45, 2.75) is 19.3 Å². The number of hydrogen-bond donors (Lipinski definition) is 1. The van der Waals surface area contributed by atoms with Crippen LogP contribution >= 0.6 is 0 Å². The minimum absolute atomic E-state index is 0.694. The van der Waals surface area contributed by atoms with Crippen molar-refractivity contribution in [3.63, 3.8) is 0 Å². The monoisotopic (exact) mass is 245 g/mol. The number of nitrogens with two attached hydrogens (primary N) is 1. The van der Waals surface area contributed by atoms with E-state index < -0.39 is 0 Å². The van der Waals surface area contributed by atoms with Gasteiger partial charge in [0.2, 0.25) is 0 Å². The summed E-state index contributed by atoms with van der Waals surface area (Å²) < 4.78 is 1.78. The number of rotatable bonds is 2. The summed E-state index contributed by atoms with van der Waals surface area (Å²) >= 11 is 0. The van der Waals surface area contributed by atoms with Crippen LogP contribution in [0.15, 0.2) is 18.3 Å². The molecule has 18 heavy (non-hydrogen) atoms. The molecule has 3 heterocycles. The van der Waals surface area contributed by atoms with Crippen LogP contribution in [0.25, 0.3) is 5.65 Å². The molecule has 3 rings (SSSR count). The highest BCUT2D eigenvalue weighted by Crippen LogP contribution is 2.20. The third kappa shape index (κ3) is 2.18. The van der Waals surface area contributed by atoms with E-state index in [-0.39, 0.29) is 0 Å². The quantitative estimate of drug-likeness (QED) is 0.863. The van der Waals surface area contributed by atoms with E-state index in [1.165, 1.54) is 25.9 Å². The number of nitrogen functional groups attached to an aromatic ring is 1. The van der Waals surface area contributed by atoms with Gasteiger partial charge in [-0.15, -0.1) is 0 Å². The number of fused-ring (bicyclic) bond motifs is 1. The van der Waals surface area contributed by atoms with Gasteiger partial charge < -0.3 is 10.6 Å². The Morgan fingerprint density at radius 2 is 2.17 bits per heavy atom. The lowest BCUT2D eigenvalue weighted by Crippen LogP contribution is -2.31. The first-order valence-electron chi connectivity index (χ1n) is 6.50. The summed E-state index contributed by atoms with van der Waals surface area (Å²) in [5, 5.41) is 4.50. The largest absolute Gasteiger partial charge is 0.396 e. The molecule has 5 heteroatoms. The van der Waals surface area contributed by atoms with Gasteiger partial charge in [-0.3, -0.25) is 0 Å². The molecule has 0 saturated carbocycles. The van der Waals surface area contributed by atoms with Crippen molar-refractivity contribution in [1.82, 2.24) is 19.5 Å². The smallest absolute Gasteiger partial charge is 0.178 e. The number of anilines is 1. The van der Waals surface area contributed by atoms with Gasteiger partial charge in [-0.05, 0) is 51.0 Å². The summed E-state index contributed by atoms with van der Waals surface area (Å²) in [6, 6.07) is 3.76. The fourth-order valence-corrected chi connectivity index (χ4v) is 2.58. The van der Waals surface area contributed by atoms with Crippen LogP contribution in [-0.4, -0.2) is 39.6 Å². The Kier molecular flexibility index (Phi) is 2.91. The first kappa shape index (κ1) is 11.5. The zero-order chi connectivity index (χ0) is 12.5. The molecule has 1 aliphatic rings. The third-order valence-electron chi connectivity index (χ3n) is 3.75. The van der Waals surface area contributed by atoms with E-state index in [0.717, 1.165) is 17.9 Å². The summed E-state index contributed by atoms with van der Waals surface area (Å²) in [6.45, 7) is 2.36. The Hall–Kier alpha value is -1.62. The van der Waals surface area contributed by atoms with Gasteiger partial charge >= 0.3 is 0 Å². The number of likely N-dealkylation sites (tertiary alicyclic amines) is 1. The van der Waals surface area contributed by atoms with Crippen molar-refractivity contribution in [2.24, 2.45) is 5.92 Å². The van der Waals surface area contributed by atoms with E-state index in [0.29, 0.717) is 11.6 Å². The zero-order valence-corrected chi connectivity index (χ0v) is 10.7. The summed E-state index contributed by atoms with van der Waals surface area (Å²) in [7, 11) is 2.18. The highest BCUT2D eigenvalue weighted by molar-refractivity contribution is 5.63. The predicted octanol–water partition coefficient (Wildman–Crippen LogP) is 1.20. The van der Waals surface area contributed by atoms with Crippen molar-refractivity contribution in [2.75, 3.05) is 25.9 Å². The maximum absolute atomic E-state index is 5.89. The van der Waals surface area contributed by atoms with Gasteiger partial charge in [0.25, 0.3) is 0 Å². The molecule has 0 amide bonds. The highest BCUT2D eigenvalue weighted by Gasteiger charge is 2.19. The van der Waals surface area contributed by atoms with Crippen molar-refractivity contribution >= 4 is 11.3 Å². The third-order valence-corrected chi connectivity index (χ3v) is 3.75. The Bertz CT molecular complexity index is 539. The zero-order valence-electron chi connectivity index (χ0n) is 10.7. The molecule has 0 radical (unpaired) electrons. The van der Waals surface area contributed by atoms with E-state index >= 15 is 0 Å². The fraction of sp³-hybridized carbons (Fsp3) is 0.538. The van der Waals surface area contributed by atoms with E-state index in [9.17, 15) is 0 Å². The second-order valence-electron chi connectivity index (χ2n) is 5.21. The molecule has 0 atom stereocenters. The molecule has 1 fully saturated rings. The molecule has 0 aromatic carbocycles. The Labute approximate surface area is 107 Å². The number of hydrogen-bond acceptors (Lipinski definition) is 4. The summed E-state index contributed by atoms with van der Waals surface area (Å²) in [5.41, 5.74) is 7.36. The minimum atomic E-state index is 0.694. The van der Waals surface area contributed by atoms with Crippen LogP contribution in [0.5, 0.6) is 0 Å². The normalized spacial score (nSPS) is 18.5. The molecule has 1 aliphatic heterocycles. The molecule has 2 aromatic rings. The molecular weight excluding hydrogens is 226 g/mol. The van der Waals surface area contributed by atoms with Crippen molar-refractivity contribution in [3.05, 3.63) is 24.2 Å². The second-order valence-corrected chi connectivity index (χ2v) is 5.21. The number of aromatic nitrogens is 3. The predicted molar refractivity (Wildman–Crippen MR) is 71.3 cm³/mol. The number of nitrogens with zero attached hydrogens (tertiary/aromatic N) is 4. The fourth-order valence-electron chi connectivity index (χ4n) is 2.58. The van der Waals surface area contributed by atoms with Crippen molar-refractivity contribution in [3.8, 4) is 0 Å². The molecule has 0 aliphatic carbocycles. The SMILES string of the molecule is CN1CCC(Cc2nc3c(N)cccn3n2)CC1. The van der Waals surface area contributed by atoms with Gasteiger partial charge in [0, 0.05) is 12.6 Å². The minimum Gasteiger partial charge on any atom is -0.396 e. The summed E-state index contributed by atoms with van der Waals surface area (Å²) in [4.78, 5) is 6.92. The number of piperidine rings is 1. The van der Waals surface area contributed by atoms with E-state index in [4.69, 9.17) is 5.73 Å². The average molecular weight is 245 g/mol. The van der Waals surface area contributed by atoms with Crippen molar-refractivity contribution in [1.29, 1.82) is 0 Å². The number of pyridine rings is 1. The molecule has 5 nitrogen and oxygen atoms in total. The summed E-state index contributed by atoms with van der Waals surface area (Å²) in [5.74, 6) is 1.63. The Morgan fingerprint density at radius 3 is 2.89 bits per heavy atom. The van der Waals surface area contributed by atoms with Crippen LogP contribution in [0, 0.1) is 5.92 Å². The summed E-state index contributed by atoms with van der Waals surface area (Å²) in [6.07, 6.45) is 5.34. The van der Waals surface area contributed by atoms with E-state index in [2.05, 4.69) is 22.0 Å². The highest BCUT2D eigenvalue weighted by atomic mass is 15.3. The Balaban J connectivity index is 1.77. The van der Waals surface area contributed by atoms with Crippen LogP contribution in [0.3, 0.4) is 0 Å². The molecule has 0 bridgehead atoms. The lowest BCUT2D eigenvalue weighted by molar-refractivity contribution is 0.217. The lowest BCUT2D eigenvalue weighted by atomic mass is 9.94. The van der Waals surface area contributed by atoms with Gasteiger partial charge in [0.15, 0.2) is 11.5 Å². The Morgan fingerprint density at radius 1 is 1.39 bits per heavy atom. The van der Waals surface area contributed by atoms with Crippen LogP contribution < -0.4 is 5.73 Å².